The highest BCUT2D eigenvalue weighted by molar-refractivity contribution is 5.23. The summed E-state index contributed by atoms with van der Waals surface area (Å²) in [7, 11) is 0. The van der Waals surface area contributed by atoms with Crippen LogP contribution in [0.2, 0.25) is 0 Å². The van der Waals surface area contributed by atoms with E-state index in [1.807, 2.05) is 6.92 Å². The number of rotatable bonds is 2. The average molecular weight is 148 g/mol. The standard InChI is InChI=1S/C11H16/c1-10(2)8-6-5-7-9-11(3)4/h9H,1,5,7H2,2-4H3. The first-order valence-corrected chi connectivity index (χ1v) is 3.90. The molecule has 0 unspecified atom stereocenters. The van der Waals surface area contributed by atoms with E-state index in [1.165, 1.54) is 5.57 Å². The van der Waals surface area contributed by atoms with E-state index in [-0.39, 0.29) is 0 Å². The summed E-state index contributed by atoms with van der Waals surface area (Å²) in [6.45, 7) is 9.83. The molecule has 0 aromatic carbocycles. The Morgan fingerprint density at radius 2 is 2.00 bits per heavy atom. The van der Waals surface area contributed by atoms with Crippen molar-refractivity contribution in [1.82, 2.24) is 0 Å². The molecule has 0 atom stereocenters. The highest BCUT2D eigenvalue weighted by atomic mass is 13.8. The third-order valence-corrected chi connectivity index (χ3v) is 1.12. The molecule has 0 fully saturated rings. The van der Waals surface area contributed by atoms with Gasteiger partial charge in [0.1, 0.15) is 0 Å². The van der Waals surface area contributed by atoms with Gasteiger partial charge >= 0.3 is 0 Å². The molecule has 0 N–H and O–H groups in total. The molecule has 0 amide bonds. The van der Waals surface area contributed by atoms with Gasteiger partial charge in [0.2, 0.25) is 0 Å². The Hall–Kier alpha value is -0.960. The summed E-state index contributed by atoms with van der Waals surface area (Å²) in [4.78, 5) is 0. The topological polar surface area (TPSA) is 0 Å². The molecular formula is C11H16. The summed E-state index contributed by atoms with van der Waals surface area (Å²) >= 11 is 0. The van der Waals surface area contributed by atoms with Crippen molar-refractivity contribution >= 4 is 0 Å². The van der Waals surface area contributed by atoms with Crippen molar-refractivity contribution in [3.8, 4) is 11.8 Å². The van der Waals surface area contributed by atoms with E-state index < -0.39 is 0 Å². The second kappa shape index (κ2) is 5.80. The van der Waals surface area contributed by atoms with Crippen LogP contribution in [0.1, 0.15) is 33.6 Å². The van der Waals surface area contributed by atoms with Crippen molar-refractivity contribution in [3.63, 3.8) is 0 Å². The number of hydrogen-bond donors (Lipinski definition) is 0. The van der Waals surface area contributed by atoms with Gasteiger partial charge in [-0.3, -0.25) is 0 Å². The minimum atomic E-state index is 0.942. The lowest BCUT2D eigenvalue weighted by Gasteiger charge is -1.86. The lowest BCUT2D eigenvalue weighted by Crippen LogP contribution is -1.69. The largest absolute Gasteiger partial charge is 0.0979 e. The van der Waals surface area contributed by atoms with Crippen LogP contribution >= 0.6 is 0 Å². The zero-order chi connectivity index (χ0) is 8.69. The van der Waals surface area contributed by atoms with Gasteiger partial charge in [-0.05, 0) is 32.8 Å². The van der Waals surface area contributed by atoms with Crippen LogP contribution in [0.15, 0.2) is 23.8 Å². The first-order chi connectivity index (χ1) is 5.13. The Labute approximate surface area is 70.0 Å². The van der Waals surface area contributed by atoms with Gasteiger partial charge in [0.25, 0.3) is 0 Å². The van der Waals surface area contributed by atoms with E-state index in [0.717, 1.165) is 18.4 Å². The molecule has 60 valence electrons. The van der Waals surface area contributed by atoms with Gasteiger partial charge < -0.3 is 0 Å². The minimum absolute atomic E-state index is 0.942. The summed E-state index contributed by atoms with van der Waals surface area (Å²) in [6.07, 6.45) is 4.20. The smallest absolute Gasteiger partial charge is 0.0127 e. The fraction of sp³-hybridized carbons (Fsp3) is 0.455. The van der Waals surface area contributed by atoms with Crippen molar-refractivity contribution in [2.75, 3.05) is 0 Å². The Morgan fingerprint density at radius 1 is 1.36 bits per heavy atom. The molecule has 0 heteroatoms. The second-order valence-corrected chi connectivity index (χ2v) is 2.90. The SMILES string of the molecule is C=C(C)C#CCCC=C(C)C. The zero-order valence-corrected chi connectivity index (χ0v) is 7.70. The molecule has 0 aliphatic heterocycles. The third-order valence-electron chi connectivity index (χ3n) is 1.12. The molecule has 0 aromatic rings. The zero-order valence-electron chi connectivity index (χ0n) is 7.70. The summed E-state index contributed by atoms with van der Waals surface area (Å²) in [5.41, 5.74) is 2.31. The maximum atomic E-state index is 3.70. The molecule has 0 aromatic heterocycles. The molecule has 0 rings (SSSR count). The molecule has 0 aliphatic carbocycles. The molecular weight excluding hydrogens is 132 g/mol. The van der Waals surface area contributed by atoms with Crippen LogP contribution in [0.4, 0.5) is 0 Å². The predicted molar refractivity (Wildman–Crippen MR) is 51.3 cm³/mol. The van der Waals surface area contributed by atoms with E-state index in [2.05, 4.69) is 38.3 Å². The highest BCUT2D eigenvalue weighted by Gasteiger charge is 1.77. The lowest BCUT2D eigenvalue weighted by atomic mass is 10.2. The summed E-state index contributed by atoms with van der Waals surface area (Å²) < 4.78 is 0. The number of allylic oxidation sites excluding steroid dienone is 3. The van der Waals surface area contributed by atoms with Crippen molar-refractivity contribution in [2.45, 2.75) is 33.6 Å². The normalized spacial score (nSPS) is 7.91. The van der Waals surface area contributed by atoms with E-state index in [9.17, 15) is 0 Å². The van der Waals surface area contributed by atoms with Crippen molar-refractivity contribution in [1.29, 1.82) is 0 Å². The van der Waals surface area contributed by atoms with Gasteiger partial charge in [0, 0.05) is 6.42 Å². The van der Waals surface area contributed by atoms with Gasteiger partial charge in [-0.15, -0.1) is 0 Å². The monoisotopic (exact) mass is 148 g/mol. The molecule has 11 heavy (non-hydrogen) atoms. The molecule has 0 saturated heterocycles. The van der Waals surface area contributed by atoms with Crippen molar-refractivity contribution in [3.05, 3.63) is 23.8 Å². The maximum absolute atomic E-state index is 3.70. The Morgan fingerprint density at radius 3 is 2.45 bits per heavy atom. The molecule has 0 aliphatic rings. The Balaban J connectivity index is 3.53. The van der Waals surface area contributed by atoms with Gasteiger partial charge in [0.15, 0.2) is 0 Å². The van der Waals surface area contributed by atoms with Gasteiger partial charge in [0.05, 0.1) is 0 Å². The fourth-order valence-electron chi connectivity index (χ4n) is 0.646. The quantitative estimate of drug-likeness (QED) is 0.320. The Bertz CT molecular complexity index is 204. The van der Waals surface area contributed by atoms with Gasteiger partial charge in [-0.1, -0.05) is 30.1 Å². The third kappa shape index (κ3) is 9.04. The molecule has 0 saturated carbocycles. The maximum Gasteiger partial charge on any atom is 0.0127 e. The van der Waals surface area contributed by atoms with Crippen LogP contribution in [0, 0.1) is 11.8 Å². The number of unbranched alkanes of at least 4 members (excludes halogenated alkanes) is 1. The summed E-state index contributed by atoms with van der Waals surface area (Å²) in [6, 6.07) is 0. The molecule has 0 heterocycles. The van der Waals surface area contributed by atoms with Crippen LogP contribution in [0.25, 0.3) is 0 Å². The molecule has 0 nitrogen and oxygen atoms in total. The van der Waals surface area contributed by atoms with Crippen LogP contribution in [0.5, 0.6) is 0 Å². The first-order valence-electron chi connectivity index (χ1n) is 3.90. The predicted octanol–water partition coefficient (Wildman–Crippen LogP) is 3.31. The first kappa shape index (κ1) is 10.0. The fourth-order valence-corrected chi connectivity index (χ4v) is 0.646. The molecule has 0 bridgehead atoms. The van der Waals surface area contributed by atoms with Crippen LogP contribution in [0.3, 0.4) is 0 Å². The van der Waals surface area contributed by atoms with Gasteiger partial charge in [-0.2, -0.15) is 0 Å². The van der Waals surface area contributed by atoms with Crippen molar-refractivity contribution < 1.29 is 0 Å². The van der Waals surface area contributed by atoms with Crippen LogP contribution in [-0.4, -0.2) is 0 Å². The van der Waals surface area contributed by atoms with Crippen LogP contribution in [-0.2, 0) is 0 Å². The van der Waals surface area contributed by atoms with E-state index in [4.69, 9.17) is 0 Å². The summed E-state index contributed by atoms with van der Waals surface area (Å²) in [5.74, 6) is 5.99. The van der Waals surface area contributed by atoms with Crippen LogP contribution < -0.4 is 0 Å². The summed E-state index contributed by atoms with van der Waals surface area (Å²) in [5, 5.41) is 0. The lowest BCUT2D eigenvalue weighted by molar-refractivity contribution is 1.06. The Kier molecular flexibility index (Phi) is 5.29. The van der Waals surface area contributed by atoms with E-state index >= 15 is 0 Å². The van der Waals surface area contributed by atoms with Gasteiger partial charge in [-0.25, -0.2) is 0 Å². The highest BCUT2D eigenvalue weighted by Crippen LogP contribution is 1.95. The van der Waals surface area contributed by atoms with Crippen molar-refractivity contribution in [2.24, 2.45) is 0 Å². The van der Waals surface area contributed by atoms with E-state index in [1.54, 1.807) is 0 Å². The second-order valence-electron chi connectivity index (χ2n) is 2.90. The number of hydrogen-bond acceptors (Lipinski definition) is 0. The van der Waals surface area contributed by atoms with E-state index in [0.29, 0.717) is 0 Å². The minimum Gasteiger partial charge on any atom is -0.0979 e. The molecule has 0 radical (unpaired) electrons. The molecule has 0 spiro atoms. The average Bonchev–Trinajstić information content (AvgIpc) is 1.85.